The third-order valence-electron chi connectivity index (χ3n) is 3.18. The van der Waals surface area contributed by atoms with Crippen molar-refractivity contribution in [2.24, 2.45) is 10.9 Å². The van der Waals surface area contributed by atoms with Crippen LogP contribution in [-0.4, -0.2) is 25.8 Å². The number of hydrogen-bond acceptors (Lipinski definition) is 3. The summed E-state index contributed by atoms with van der Waals surface area (Å²) in [5.74, 6) is 1.64. The Balaban J connectivity index is 2.13. The largest absolute Gasteiger partial charge is 0.467 e. The lowest BCUT2D eigenvalue weighted by atomic mass is 10.1. The standard InChI is InChI=1S/C16H24FN3O2/c1-4-18-16(19-7-11(2)3)20-8-12-5-14(17)6-13-9-21-10-22-15(12)13/h5-6,11H,4,7-10H2,1-3H3,(H2,18,19,20). The van der Waals surface area contributed by atoms with Crippen molar-refractivity contribution >= 4 is 5.96 Å². The SMILES string of the molecule is CCNC(=NCc1cc(F)cc2c1OCOC2)NCC(C)C. The van der Waals surface area contributed by atoms with Crippen molar-refractivity contribution in [3.8, 4) is 5.75 Å². The van der Waals surface area contributed by atoms with Crippen LogP contribution >= 0.6 is 0 Å². The number of ether oxygens (including phenoxy) is 2. The summed E-state index contributed by atoms with van der Waals surface area (Å²) in [7, 11) is 0. The number of nitrogens with one attached hydrogen (secondary N) is 2. The lowest BCUT2D eigenvalue weighted by Crippen LogP contribution is -2.39. The predicted molar refractivity (Wildman–Crippen MR) is 84.3 cm³/mol. The third-order valence-corrected chi connectivity index (χ3v) is 3.18. The molecule has 1 aliphatic heterocycles. The monoisotopic (exact) mass is 309 g/mol. The summed E-state index contributed by atoms with van der Waals surface area (Å²) in [6.07, 6.45) is 0. The first kappa shape index (κ1) is 16.5. The quantitative estimate of drug-likeness (QED) is 0.648. The minimum atomic E-state index is -0.293. The van der Waals surface area contributed by atoms with Crippen molar-refractivity contribution < 1.29 is 13.9 Å². The summed E-state index contributed by atoms with van der Waals surface area (Å²) in [6, 6.07) is 2.92. The molecular weight excluding hydrogens is 285 g/mol. The van der Waals surface area contributed by atoms with Crippen LogP contribution in [0, 0.1) is 11.7 Å². The van der Waals surface area contributed by atoms with Crippen LogP contribution in [-0.2, 0) is 17.9 Å². The van der Waals surface area contributed by atoms with Gasteiger partial charge in [-0.15, -0.1) is 0 Å². The number of fused-ring (bicyclic) bond motifs is 1. The second kappa shape index (κ2) is 7.98. The van der Waals surface area contributed by atoms with Gasteiger partial charge in [-0.3, -0.25) is 0 Å². The maximum absolute atomic E-state index is 13.7. The molecule has 0 aliphatic carbocycles. The van der Waals surface area contributed by atoms with Crippen LogP contribution in [0.25, 0.3) is 0 Å². The van der Waals surface area contributed by atoms with Gasteiger partial charge >= 0.3 is 0 Å². The molecule has 6 heteroatoms. The number of hydrogen-bond donors (Lipinski definition) is 2. The van der Waals surface area contributed by atoms with E-state index in [4.69, 9.17) is 9.47 Å². The molecule has 0 saturated carbocycles. The third kappa shape index (κ3) is 4.59. The van der Waals surface area contributed by atoms with Gasteiger partial charge in [0.15, 0.2) is 12.8 Å². The Morgan fingerprint density at radius 2 is 2.18 bits per heavy atom. The normalized spacial score (nSPS) is 14.5. The van der Waals surface area contributed by atoms with Gasteiger partial charge in [0.25, 0.3) is 0 Å². The molecule has 0 bridgehead atoms. The number of rotatable bonds is 5. The lowest BCUT2D eigenvalue weighted by molar-refractivity contribution is -0.0172. The molecule has 0 unspecified atom stereocenters. The van der Waals surface area contributed by atoms with E-state index in [1.54, 1.807) is 0 Å². The van der Waals surface area contributed by atoms with Gasteiger partial charge in [-0.25, -0.2) is 9.38 Å². The Morgan fingerprint density at radius 3 is 2.91 bits per heavy atom. The van der Waals surface area contributed by atoms with Crippen LogP contribution < -0.4 is 15.4 Å². The fraction of sp³-hybridized carbons (Fsp3) is 0.562. The van der Waals surface area contributed by atoms with E-state index in [0.717, 1.165) is 30.2 Å². The van der Waals surface area contributed by atoms with Gasteiger partial charge in [0, 0.05) is 24.2 Å². The van der Waals surface area contributed by atoms with Gasteiger partial charge in [0.05, 0.1) is 13.2 Å². The lowest BCUT2D eigenvalue weighted by Gasteiger charge is -2.20. The molecule has 0 aromatic heterocycles. The molecule has 2 N–H and O–H groups in total. The van der Waals surface area contributed by atoms with Crippen molar-refractivity contribution in [2.45, 2.75) is 33.9 Å². The summed E-state index contributed by atoms with van der Waals surface area (Å²) in [6.45, 7) is 8.80. The van der Waals surface area contributed by atoms with E-state index in [-0.39, 0.29) is 12.6 Å². The average Bonchev–Trinajstić information content (AvgIpc) is 2.49. The minimum Gasteiger partial charge on any atom is -0.467 e. The molecule has 122 valence electrons. The number of aliphatic imine (C=N–C) groups is 1. The van der Waals surface area contributed by atoms with E-state index in [0.29, 0.717) is 24.8 Å². The van der Waals surface area contributed by atoms with Crippen molar-refractivity contribution in [1.29, 1.82) is 0 Å². The highest BCUT2D eigenvalue weighted by Gasteiger charge is 2.16. The van der Waals surface area contributed by atoms with Crippen molar-refractivity contribution in [3.63, 3.8) is 0 Å². The zero-order chi connectivity index (χ0) is 15.9. The molecule has 1 heterocycles. The molecule has 5 nitrogen and oxygen atoms in total. The maximum atomic E-state index is 13.7. The van der Waals surface area contributed by atoms with Crippen molar-refractivity contribution in [2.75, 3.05) is 19.9 Å². The zero-order valence-corrected chi connectivity index (χ0v) is 13.4. The number of benzene rings is 1. The van der Waals surface area contributed by atoms with Crippen LogP contribution in [0.1, 0.15) is 31.9 Å². The molecule has 0 amide bonds. The molecular formula is C16H24FN3O2. The highest BCUT2D eigenvalue weighted by molar-refractivity contribution is 5.79. The van der Waals surface area contributed by atoms with E-state index in [1.165, 1.54) is 12.1 Å². The Kier molecular flexibility index (Phi) is 6.00. The van der Waals surface area contributed by atoms with Gasteiger partial charge in [-0.1, -0.05) is 13.8 Å². The fourth-order valence-electron chi connectivity index (χ4n) is 2.18. The summed E-state index contributed by atoms with van der Waals surface area (Å²) in [4.78, 5) is 4.51. The topological polar surface area (TPSA) is 54.9 Å². The van der Waals surface area contributed by atoms with Gasteiger partial charge in [0.1, 0.15) is 11.6 Å². The van der Waals surface area contributed by atoms with E-state index >= 15 is 0 Å². The minimum absolute atomic E-state index is 0.195. The first-order chi connectivity index (χ1) is 10.6. The van der Waals surface area contributed by atoms with Crippen LogP contribution in [0.5, 0.6) is 5.75 Å². The molecule has 0 fully saturated rings. The highest BCUT2D eigenvalue weighted by atomic mass is 19.1. The Hall–Kier alpha value is -1.82. The number of guanidine groups is 1. The smallest absolute Gasteiger partial charge is 0.191 e. The first-order valence-corrected chi connectivity index (χ1v) is 7.64. The molecule has 0 spiro atoms. The van der Waals surface area contributed by atoms with E-state index in [9.17, 15) is 4.39 Å². The Morgan fingerprint density at radius 1 is 1.36 bits per heavy atom. The summed E-state index contributed by atoms with van der Waals surface area (Å²) in [5.41, 5.74) is 1.47. The van der Waals surface area contributed by atoms with Crippen LogP contribution in [0.4, 0.5) is 4.39 Å². The first-order valence-electron chi connectivity index (χ1n) is 7.64. The molecule has 22 heavy (non-hydrogen) atoms. The molecule has 0 atom stereocenters. The number of halogens is 1. The Labute approximate surface area is 130 Å². The molecule has 1 aromatic carbocycles. The van der Waals surface area contributed by atoms with Gasteiger partial charge < -0.3 is 20.1 Å². The maximum Gasteiger partial charge on any atom is 0.191 e. The fourth-order valence-corrected chi connectivity index (χ4v) is 2.18. The molecule has 1 aromatic rings. The zero-order valence-electron chi connectivity index (χ0n) is 13.4. The van der Waals surface area contributed by atoms with E-state index < -0.39 is 0 Å². The summed E-state index contributed by atoms with van der Waals surface area (Å²) >= 11 is 0. The van der Waals surface area contributed by atoms with Crippen LogP contribution in [0.2, 0.25) is 0 Å². The van der Waals surface area contributed by atoms with Crippen LogP contribution in [0.15, 0.2) is 17.1 Å². The highest BCUT2D eigenvalue weighted by Crippen LogP contribution is 2.29. The number of nitrogens with zero attached hydrogens (tertiary/aromatic N) is 1. The van der Waals surface area contributed by atoms with Gasteiger partial charge in [-0.05, 0) is 25.0 Å². The van der Waals surface area contributed by atoms with Crippen molar-refractivity contribution in [3.05, 3.63) is 29.1 Å². The molecule has 0 saturated heterocycles. The Bertz CT molecular complexity index is 532. The second-order valence-electron chi connectivity index (χ2n) is 5.63. The molecule has 2 rings (SSSR count). The molecule has 0 radical (unpaired) electrons. The summed E-state index contributed by atoms with van der Waals surface area (Å²) in [5, 5.41) is 6.45. The summed E-state index contributed by atoms with van der Waals surface area (Å²) < 4.78 is 24.4. The van der Waals surface area contributed by atoms with Crippen molar-refractivity contribution in [1.82, 2.24) is 10.6 Å². The van der Waals surface area contributed by atoms with Gasteiger partial charge in [0.2, 0.25) is 0 Å². The van der Waals surface area contributed by atoms with Crippen LogP contribution in [0.3, 0.4) is 0 Å². The van der Waals surface area contributed by atoms with E-state index in [2.05, 4.69) is 29.5 Å². The predicted octanol–water partition coefficient (Wildman–Crippen LogP) is 2.40. The van der Waals surface area contributed by atoms with Gasteiger partial charge in [-0.2, -0.15) is 0 Å². The van der Waals surface area contributed by atoms with E-state index in [1.807, 2.05) is 6.92 Å². The molecule has 1 aliphatic rings. The average molecular weight is 309 g/mol. The second-order valence-corrected chi connectivity index (χ2v) is 5.63.